The molecule has 21 heavy (non-hydrogen) atoms. The summed E-state index contributed by atoms with van der Waals surface area (Å²) in [7, 11) is -3.77. The fourth-order valence-corrected chi connectivity index (χ4v) is 4.35. The minimum atomic E-state index is -3.77. The van der Waals surface area contributed by atoms with Gasteiger partial charge in [-0.25, -0.2) is 13.1 Å². The van der Waals surface area contributed by atoms with Crippen LogP contribution in [-0.2, 0) is 10.0 Å². The molecule has 1 unspecified atom stereocenters. The maximum absolute atomic E-state index is 12.3. The summed E-state index contributed by atoms with van der Waals surface area (Å²) in [6.45, 7) is 3.98. The van der Waals surface area contributed by atoms with E-state index in [0.717, 1.165) is 12.8 Å². The van der Waals surface area contributed by atoms with Crippen molar-refractivity contribution in [3.8, 4) is 11.8 Å². The molecule has 0 aromatic heterocycles. The fraction of sp³-hybridized carbons (Fsp3) is 0.429. The second kappa shape index (κ2) is 8.02. The lowest BCUT2D eigenvalue weighted by atomic mass is 10.2. The van der Waals surface area contributed by atoms with E-state index in [9.17, 15) is 8.42 Å². The Morgan fingerprint density at radius 2 is 1.90 bits per heavy atom. The van der Waals surface area contributed by atoms with Gasteiger partial charge in [-0.1, -0.05) is 48.4 Å². The zero-order valence-electron chi connectivity index (χ0n) is 11.9. The van der Waals surface area contributed by atoms with Gasteiger partial charge in [0.1, 0.15) is 4.90 Å². The van der Waals surface area contributed by atoms with Gasteiger partial charge in [0.25, 0.3) is 0 Å². The van der Waals surface area contributed by atoms with Gasteiger partial charge in [0, 0.05) is 11.6 Å². The Hall–Kier alpha value is -0.770. The van der Waals surface area contributed by atoms with Crippen LogP contribution in [0.25, 0.3) is 0 Å². The molecule has 0 aliphatic heterocycles. The van der Waals surface area contributed by atoms with Gasteiger partial charge in [0.15, 0.2) is 0 Å². The molecule has 0 spiro atoms. The smallest absolute Gasteiger partial charge is 0.243 e. The molecule has 3 N–H and O–H groups in total. The highest BCUT2D eigenvalue weighted by Crippen LogP contribution is 2.30. The van der Waals surface area contributed by atoms with Crippen molar-refractivity contribution in [3.63, 3.8) is 0 Å². The summed E-state index contributed by atoms with van der Waals surface area (Å²) in [5.41, 5.74) is 5.81. The van der Waals surface area contributed by atoms with Crippen molar-refractivity contribution >= 4 is 33.2 Å². The molecule has 1 aromatic rings. The average Bonchev–Trinajstić information content (AvgIpc) is 2.34. The van der Waals surface area contributed by atoms with Gasteiger partial charge < -0.3 is 5.73 Å². The second-order valence-electron chi connectivity index (χ2n) is 4.59. The van der Waals surface area contributed by atoms with Crippen LogP contribution in [0, 0.1) is 11.8 Å². The van der Waals surface area contributed by atoms with Gasteiger partial charge >= 0.3 is 0 Å². The topological polar surface area (TPSA) is 72.2 Å². The summed E-state index contributed by atoms with van der Waals surface area (Å²) in [4.78, 5) is -0.118. The molecular weight excluding hydrogens is 331 g/mol. The highest BCUT2D eigenvalue weighted by Gasteiger charge is 2.24. The lowest BCUT2D eigenvalue weighted by Crippen LogP contribution is -2.32. The molecule has 1 atom stereocenters. The quantitative estimate of drug-likeness (QED) is 0.803. The predicted molar refractivity (Wildman–Crippen MR) is 87.1 cm³/mol. The van der Waals surface area contributed by atoms with E-state index in [-0.39, 0.29) is 27.5 Å². The Morgan fingerprint density at radius 3 is 2.38 bits per heavy atom. The van der Waals surface area contributed by atoms with Crippen molar-refractivity contribution in [2.75, 3.05) is 6.54 Å². The summed E-state index contributed by atoms with van der Waals surface area (Å²) < 4.78 is 27.3. The van der Waals surface area contributed by atoms with Crippen LogP contribution in [0.5, 0.6) is 0 Å². The summed E-state index contributed by atoms with van der Waals surface area (Å²) in [6.07, 6.45) is 1.60. The van der Waals surface area contributed by atoms with Gasteiger partial charge in [-0.15, -0.1) is 0 Å². The molecule has 116 valence electrons. The van der Waals surface area contributed by atoms with E-state index in [1.54, 1.807) is 6.92 Å². The van der Waals surface area contributed by atoms with Crippen LogP contribution in [0.15, 0.2) is 17.0 Å². The summed E-state index contributed by atoms with van der Waals surface area (Å²) >= 11 is 12.1. The number of sulfonamides is 1. The van der Waals surface area contributed by atoms with Gasteiger partial charge in [-0.05, 0) is 25.5 Å². The fourth-order valence-electron chi connectivity index (χ4n) is 1.86. The molecule has 0 bridgehead atoms. The Kier molecular flexibility index (Phi) is 6.98. The third kappa shape index (κ3) is 5.17. The minimum Gasteiger partial charge on any atom is -0.320 e. The van der Waals surface area contributed by atoms with Crippen molar-refractivity contribution < 1.29 is 8.42 Å². The van der Waals surface area contributed by atoms with E-state index in [0.29, 0.717) is 5.56 Å². The molecule has 0 fully saturated rings. The largest absolute Gasteiger partial charge is 0.320 e. The van der Waals surface area contributed by atoms with Crippen molar-refractivity contribution in [2.24, 2.45) is 5.73 Å². The molecule has 0 heterocycles. The summed E-state index contributed by atoms with van der Waals surface area (Å²) in [5, 5.41) is 0.0834. The first-order valence-electron chi connectivity index (χ1n) is 6.52. The molecule has 0 aliphatic rings. The van der Waals surface area contributed by atoms with Crippen molar-refractivity contribution in [1.82, 2.24) is 4.72 Å². The lowest BCUT2D eigenvalue weighted by molar-refractivity contribution is 0.544. The molecule has 0 saturated carbocycles. The maximum atomic E-state index is 12.3. The molecule has 7 heteroatoms. The Labute approximate surface area is 136 Å². The maximum Gasteiger partial charge on any atom is 0.243 e. The highest BCUT2D eigenvalue weighted by atomic mass is 35.5. The van der Waals surface area contributed by atoms with Gasteiger partial charge in [-0.2, -0.15) is 0 Å². The number of rotatable bonds is 5. The van der Waals surface area contributed by atoms with Gasteiger partial charge in [-0.3, -0.25) is 0 Å². The van der Waals surface area contributed by atoms with Crippen LogP contribution >= 0.6 is 23.2 Å². The molecule has 1 aromatic carbocycles. The molecule has 1 rings (SSSR count). The first kappa shape index (κ1) is 18.3. The van der Waals surface area contributed by atoms with Crippen LogP contribution < -0.4 is 10.5 Å². The third-order valence-corrected chi connectivity index (χ3v) is 5.19. The molecular formula is C14H18Cl2N2O2S. The molecule has 4 nitrogen and oxygen atoms in total. The number of halogens is 2. The van der Waals surface area contributed by atoms with E-state index in [1.807, 2.05) is 6.92 Å². The first-order valence-corrected chi connectivity index (χ1v) is 8.76. The standard InChI is InChI=1S/C14H18Cl2N2O2S/c1-3-5-10(2)18-21(19,20)14-12(15)8-11(6-4-7-17)9-13(14)16/h8-10,18H,3,5,7,17H2,1-2H3. The van der Waals surface area contributed by atoms with E-state index in [2.05, 4.69) is 16.6 Å². The van der Waals surface area contributed by atoms with Crippen molar-refractivity contribution in [3.05, 3.63) is 27.7 Å². The number of benzene rings is 1. The van der Waals surface area contributed by atoms with Crippen molar-refractivity contribution in [2.45, 2.75) is 37.6 Å². The molecule has 0 amide bonds. The predicted octanol–water partition coefficient (Wildman–Crippen LogP) is 2.77. The van der Waals surface area contributed by atoms with Gasteiger partial charge in [0.05, 0.1) is 16.6 Å². The zero-order valence-corrected chi connectivity index (χ0v) is 14.2. The van der Waals surface area contributed by atoms with E-state index >= 15 is 0 Å². The van der Waals surface area contributed by atoms with Gasteiger partial charge in [0.2, 0.25) is 10.0 Å². The zero-order chi connectivity index (χ0) is 16.0. The van der Waals surface area contributed by atoms with Crippen LogP contribution in [0.4, 0.5) is 0 Å². The molecule has 0 saturated heterocycles. The SMILES string of the molecule is CCCC(C)NS(=O)(=O)c1c(Cl)cc(C#CCN)cc1Cl. The third-order valence-electron chi connectivity index (χ3n) is 2.68. The Bertz CT molecular complexity index is 640. The molecule has 0 radical (unpaired) electrons. The monoisotopic (exact) mass is 348 g/mol. The van der Waals surface area contributed by atoms with Crippen LogP contribution in [-0.4, -0.2) is 21.0 Å². The lowest BCUT2D eigenvalue weighted by Gasteiger charge is -2.15. The molecule has 0 aliphatic carbocycles. The van der Waals surface area contributed by atoms with E-state index in [1.165, 1.54) is 12.1 Å². The number of nitrogens with two attached hydrogens (primary N) is 1. The Morgan fingerprint density at radius 1 is 1.33 bits per heavy atom. The highest BCUT2D eigenvalue weighted by molar-refractivity contribution is 7.89. The number of nitrogens with one attached hydrogen (secondary N) is 1. The number of hydrogen-bond donors (Lipinski definition) is 2. The average molecular weight is 349 g/mol. The van der Waals surface area contributed by atoms with Crippen molar-refractivity contribution in [1.29, 1.82) is 0 Å². The number of hydrogen-bond acceptors (Lipinski definition) is 3. The second-order valence-corrected chi connectivity index (χ2v) is 7.05. The van der Waals surface area contributed by atoms with Crippen LogP contribution in [0.3, 0.4) is 0 Å². The van der Waals surface area contributed by atoms with Crippen LogP contribution in [0.2, 0.25) is 10.0 Å². The van der Waals surface area contributed by atoms with Crippen LogP contribution in [0.1, 0.15) is 32.3 Å². The van der Waals surface area contributed by atoms with E-state index in [4.69, 9.17) is 28.9 Å². The Balaban J connectivity index is 3.19. The first-order chi connectivity index (χ1) is 9.81. The summed E-state index contributed by atoms with van der Waals surface area (Å²) in [6, 6.07) is 2.74. The normalized spacial score (nSPS) is 12.6. The van der Waals surface area contributed by atoms with E-state index < -0.39 is 10.0 Å². The minimum absolute atomic E-state index is 0.0417. The summed E-state index contributed by atoms with van der Waals surface area (Å²) in [5.74, 6) is 5.43.